The van der Waals surface area contributed by atoms with Crippen LogP contribution in [-0.2, 0) is 17.9 Å². The van der Waals surface area contributed by atoms with E-state index in [1.165, 1.54) is 13.3 Å². The van der Waals surface area contributed by atoms with Crippen LogP contribution in [0.2, 0.25) is 0 Å². The van der Waals surface area contributed by atoms with Crippen molar-refractivity contribution < 1.29 is 23.8 Å². The molecule has 0 spiro atoms. The Morgan fingerprint density at radius 1 is 1.23 bits per heavy atom. The minimum Gasteiger partial charge on any atom is -0.390 e. The minimum absolute atomic E-state index is 0.0328. The van der Waals surface area contributed by atoms with Crippen LogP contribution in [-0.4, -0.2) is 50.0 Å². The van der Waals surface area contributed by atoms with Gasteiger partial charge in [-0.05, 0) is 37.5 Å². The smallest absolute Gasteiger partial charge is 0.270 e. The number of hydrogen-bond acceptors (Lipinski definition) is 7. The zero-order valence-corrected chi connectivity index (χ0v) is 16.2. The first-order valence-corrected chi connectivity index (χ1v) is 9.59. The lowest BCUT2D eigenvalue weighted by Crippen LogP contribution is -2.36. The molecule has 2 aromatic rings. The Morgan fingerprint density at radius 3 is 2.77 bits per heavy atom. The molecule has 1 saturated carbocycles. The largest absolute Gasteiger partial charge is 0.390 e. The van der Waals surface area contributed by atoms with Crippen molar-refractivity contribution in [2.24, 2.45) is 4.99 Å². The Bertz CT molecular complexity index is 1030. The van der Waals surface area contributed by atoms with Crippen LogP contribution in [0.3, 0.4) is 0 Å². The van der Waals surface area contributed by atoms with Gasteiger partial charge in [-0.1, -0.05) is 0 Å². The van der Waals surface area contributed by atoms with Crippen LogP contribution in [0, 0.1) is 18.6 Å². The highest BCUT2D eigenvalue weighted by Crippen LogP contribution is 2.28. The van der Waals surface area contributed by atoms with Crippen molar-refractivity contribution in [2.75, 3.05) is 5.32 Å². The number of aryl methyl sites for hydroxylation is 1. The Hall–Kier alpha value is -2.98. The summed E-state index contributed by atoms with van der Waals surface area (Å²) in [4.78, 5) is 25.3. The van der Waals surface area contributed by atoms with Crippen molar-refractivity contribution in [3.05, 3.63) is 52.5 Å². The first kappa shape index (κ1) is 20.3. The first-order chi connectivity index (χ1) is 14.3. The molecule has 0 radical (unpaired) electrons. The molecule has 1 amide bonds. The molecule has 1 aromatic heterocycles. The number of nitrogens with zero attached hydrogens (tertiary/aromatic N) is 3. The number of hydrogen-bond donors (Lipinski definition) is 4. The molecule has 1 aliphatic heterocycles. The lowest BCUT2D eigenvalue weighted by Gasteiger charge is -2.20. The van der Waals surface area contributed by atoms with Gasteiger partial charge < -0.3 is 20.8 Å². The topological polar surface area (TPSA) is 120 Å². The molecule has 0 saturated heterocycles. The molecule has 158 valence electrons. The summed E-state index contributed by atoms with van der Waals surface area (Å²) >= 11 is 0. The van der Waals surface area contributed by atoms with E-state index in [0.29, 0.717) is 29.9 Å². The van der Waals surface area contributed by atoms with E-state index >= 15 is 0 Å². The van der Waals surface area contributed by atoms with Gasteiger partial charge in [0.15, 0.2) is 0 Å². The molecule has 2 heterocycles. The molecule has 1 fully saturated rings. The third-order valence-electron chi connectivity index (χ3n) is 5.40. The Morgan fingerprint density at radius 2 is 2.03 bits per heavy atom. The van der Waals surface area contributed by atoms with Crippen LogP contribution in [0.1, 0.15) is 35.2 Å². The Labute approximate surface area is 171 Å². The van der Waals surface area contributed by atoms with Crippen LogP contribution in [0.25, 0.3) is 0 Å². The van der Waals surface area contributed by atoms with E-state index in [1.54, 1.807) is 0 Å². The van der Waals surface area contributed by atoms with Crippen molar-refractivity contribution in [2.45, 2.75) is 51.1 Å². The molecule has 10 heteroatoms. The Balaban J connectivity index is 1.52. The van der Waals surface area contributed by atoms with Gasteiger partial charge in [-0.25, -0.2) is 18.7 Å². The number of fused-ring (bicyclic) bond motifs is 1. The summed E-state index contributed by atoms with van der Waals surface area (Å²) in [6.45, 7) is 1.42. The number of benzene rings is 1. The normalized spacial score (nSPS) is 22.6. The number of halogens is 2. The number of aromatic nitrogens is 2. The summed E-state index contributed by atoms with van der Waals surface area (Å²) in [6.07, 6.45) is 0.550. The number of anilines is 1. The van der Waals surface area contributed by atoms with Gasteiger partial charge in [0.1, 0.15) is 29.5 Å². The summed E-state index contributed by atoms with van der Waals surface area (Å²) in [7, 11) is 0. The molecule has 2 aliphatic rings. The Kier molecular flexibility index (Phi) is 5.44. The molecule has 3 atom stereocenters. The van der Waals surface area contributed by atoms with Crippen molar-refractivity contribution in [3.63, 3.8) is 0 Å². The van der Waals surface area contributed by atoms with E-state index in [-0.39, 0.29) is 29.9 Å². The van der Waals surface area contributed by atoms with E-state index in [0.717, 1.165) is 12.1 Å². The molecular formula is C20H21F2N5O3. The molecule has 0 bridgehead atoms. The number of amides is 1. The van der Waals surface area contributed by atoms with Crippen LogP contribution < -0.4 is 10.6 Å². The van der Waals surface area contributed by atoms with Crippen LogP contribution >= 0.6 is 0 Å². The summed E-state index contributed by atoms with van der Waals surface area (Å²) in [6, 6.07) is 1.70. The first-order valence-electron chi connectivity index (χ1n) is 9.59. The summed E-state index contributed by atoms with van der Waals surface area (Å²) in [5, 5.41) is 25.5. The molecule has 30 heavy (non-hydrogen) atoms. The van der Waals surface area contributed by atoms with Crippen molar-refractivity contribution in [1.29, 1.82) is 0 Å². The fourth-order valence-corrected chi connectivity index (χ4v) is 3.79. The third kappa shape index (κ3) is 3.75. The van der Waals surface area contributed by atoms with Gasteiger partial charge >= 0.3 is 0 Å². The molecule has 4 rings (SSSR count). The number of nitrogens with one attached hydrogen (secondary N) is 2. The fourth-order valence-electron chi connectivity index (χ4n) is 3.79. The highest BCUT2D eigenvalue weighted by atomic mass is 19.1. The number of carbonyl (C=O) groups excluding carboxylic acids is 1. The predicted molar refractivity (Wildman–Crippen MR) is 104 cm³/mol. The highest BCUT2D eigenvalue weighted by molar-refractivity contribution is 6.47. The predicted octanol–water partition coefficient (Wildman–Crippen LogP) is 0.978. The maximum Gasteiger partial charge on any atom is 0.270 e. The van der Waals surface area contributed by atoms with Crippen LogP contribution in [0.5, 0.6) is 0 Å². The molecule has 1 aliphatic carbocycles. The highest BCUT2D eigenvalue weighted by Gasteiger charge is 2.35. The second-order valence-corrected chi connectivity index (χ2v) is 7.47. The second kappa shape index (κ2) is 8.04. The van der Waals surface area contributed by atoms with Gasteiger partial charge in [-0.15, -0.1) is 0 Å². The summed E-state index contributed by atoms with van der Waals surface area (Å²) in [5.74, 6) is -1.40. The fraction of sp³-hybridized carbons (Fsp3) is 0.400. The van der Waals surface area contributed by atoms with Crippen LogP contribution in [0.15, 0.2) is 23.5 Å². The average molecular weight is 417 g/mol. The van der Waals surface area contributed by atoms with E-state index in [4.69, 9.17) is 0 Å². The van der Waals surface area contributed by atoms with Gasteiger partial charge in [-0.2, -0.15) is 0 Å². The number of carbonyl (C=O) groups is 1. The number of aliphatic imine (C=N–C) groups is 1. The SMILES string of the molecule is Cc1cc(F)cc(CNC(=O)C2=NCc3ncnc(N[C@@H]4CC[C@@H](O)[C@H]4O)c32)c1F. The van der Waals surface area contributed by atoms with E-state index in [9.17, 15) is 23.8 Å². The molecular weight excluding hydrogens is 396 g/mol. The number of aliphatic hydroxyl groups excluding tert-OH is 2. The quantitative estimate of drug-likeness (QED) is 0.576. The van der Waals surface area contributed by atoms with Crippen molar-refractivity contribution >= 4 is 17.4 Å². The zero-order valence-electron chi connectivity index (χ0n) is 16.2. The van der Waals surface area contributed by atoms with Gasteiger partial charge in [-0.3, -0.25) is 9.79 Å². The lowest BCUT2D eigenvalue weighted by atomic mass is 10.1. The van der Waals surface area contributed by atoms with Crippen molar-refractivity contribution in [1.82, 2.24) is 15.3 Å². The molecule has 1 aromatic carbocycles. The second-order valence-electron chi connectivity index (χ2n) is 7.47. The third-order valence-corrected chi connectivity index (χ3v) is 5.40. The molecule has 4 N–H and O–H groups in total. The van der Waals surface area contributed by atoms with Gasteiger partial charge in [0, 0.05) is 12.1 Å². The van der Waals surface area contributed by atoms with Gasteiger partial charge in [0.25, 0.3) is 5.91 Å². The van der Waals surface area contributed by atoms with E-state index in [2.05, 4.69) is 25.6 Å². The van der Waals surface area contributed by atoms with Gasteiger partial charge in [0.05, 0.1) is 36.1 Å². The number of aliphatic hydroxyl groups is 2. The zero-order chi connectivity index (χ0) is 21.4. The standard InChI is InChI=1S/C20H21F2N5O3/c1-9-4-11(21)5-10(16(9)22)6-24-20(30)17-15-13(7-23-17)25-8-26-19(15)27-12-2-3-14(28)18(12)29/h4-5,8,12,14,18,28-29H,2-3,6-7H2,1H3,(H,24,30)(H,25,26,27)/t12-,14-,18+/m1/s1. The van der Waals surface area contributed by atoms with E-state index in [1.807, 2.05) is 0 Å². The lowest BCUT2D eigenvalue weighted by molar-refractivity contribution is -0.114. The van der Waals surface area contributed by atoms with Gasteiger partial charge in [0.2, 0.25) is 0 Å². The minimum atomic E-state index is -0.953. The van der Waals surface area contributed by atoms with Crippen LogP contribution in [0.4, 0.5) is 14.6 Å². The summed E-state index contributed by atoms with van der Waals surface area (Å²) in [5.41, 5.74) is 1.21. The maximum absolute atomic E-state index is 14.2. The molecule has 0 unspecified atom stereocenters. The maximum atomic E-state index is 14.2. The number of rotatable bonds is 5. The van der Waals surface area contributed by atoms with E-state index < -0.39 is 35.8 Å². The molecule has 8 nitrogen and oxygen atoms in total. The van der Waals surface area contributed by atoms with Crippen molar-refractivity contribution in [3.8, 4) is 0 Å². The monoisotopic (exact) mass is 417 g/mol. The summed E-state index contributed by atoms with van der Waals surface area (Å²) < 4.78 is 27.8. The average Bonchev–Trinajstić information content (AvgIpc) is 3.29.